The van der Waals surface area contributed by atoms with Crippen molar-refractivity contribution in [1.29, 1.82) is 0 Å². The fourth-order valence-electron chi connectivity index (χ4n) is 2.58. The van der Waals surface area contributed by atoms with Crippen LogP contribution in [0.3, 0.4) is 0 Å². The van der Waals surface area contributed by atoms with Crippen LogP contribution in [-0.4, -0.2) is 40.0 Å². The molecule has 0 aromatic heterocycles. The van der Waals surface area contributed by atoms with Crippen LogP contribution in [0.1, 0.15) is 22.3 Å². The average Bonchev–Trinajstić information content (AvgIpc) is 2.79. The molecule has 0 saturated carbocycles. The van der Waals surface area contributed by atoms with Gasteiger partial charge in [0.2, 0.25) is 0 Å². The zero-order chi connectivity index (χ0) is 23.8. The smallest absolute Gasteiger partial charge is 0.270 e. The number of nitro benzene ring substituents is 1. The molecular weight excluding hydrogens is 558 g/mol. The molecule has 9 nitrogen and oxygen atoms in total. The highest BCUT2D eigenvalue weighted by atomic mass is 79.9. The highest BCUT2D eigenvalue weighted by Gasteiger charge is 2.08. The summed E-state index contributed by atoms with van der Waals surface area (Å²) in [5.41, 5.74) is 1.62. The maximum atomic E-state index is 11.3. The molecule has 0 aliphatic heterocycles. The van der Waals surface area contributed by atoms with Gasteiger partial charge in [-0.15, -0.1) is 0 Å². The van der Waals surface area contributed by atoms with Crippen LogP contribution in [0.15, 0.2) is 83.9 Å². The molecule has 33 heavy (non-hydrogen) atoms. The van der Waals surface area contributed by atoms with Gasteiger partial charge >= 0.3 is 0 Å². The fraction of sp³-hybridized carbons (Fsp3) is 0. The molecule has 0 radical (unpaired) electrons. The Morgan fingerprint density at radius 1 is 0.727 bits per heavy atom. The summed E-state index contributed by atoms with van der Waals surface area (Å²) in [5.74, 6) is 0.0593. The average molecular weight is 573 g/mol. The van der Waals surface area contributed by atoms with E-state index in [2.05, 4.69) is 52.3 Å². The third-order valence-corrected chi connectivity index (χ3v) is 5.43. The van der Waals surface area contributed by atoms with Gasteiger partial charge < -0.3 is 10.2 Å². The van der Waals surface area contributed by atoms with Gasteiger partial charge in [0.1, 0.15) is 11.5 Å². The molecule has 0 saturated heterocycles. The zero-order valence-electron chi connectivity index (χ0n) is 16.7. The Balaban J connectivity index is 1.78. The molecule has 166 valence electrons. The van der Waals surface area contributed by atoms with Crippen LogP contribution in [0.5, 0.6) is 11.5 Å². The van der Waals surface area contributed by atoms with E-state index >= 15 is 0 Å². The second kappa shape index (κ2) is 11.2. The molecule has 2 N–H and O–H groups in total. The Labute approximate surface area is 205 Å². The summed E-state index contributed by atoms with van der Waals surface area (Å²) in [4.78, 5) is 10.7. The minimum Gasteiger partial charge on any atom is -0.506 e. The molecular formula is C22H15Br2N5O4. The first-order valence-corrected chi connectivity index (χ1v) is 10.8. The van der Waals surface area contributed by atoms with E-state index in [-0.39, 0.29) is 17.2 Å². The topological polar surface area (TPSA) is 133 Å². The van der Waals surface area contributed by atoms with Crippen LogP contribution in [-0.2, 0) is 0 Å². The largest absolute Gasteiger partial charge is 0.506 e. The second-order valence-electron chi connectivity index (χ2n) is 6.45. The number of rotatable bonds is 7. The lowest BCUT2D eigenvalue weighted by atomic mass is 10.1. The number of aromatic hydroxyl groups is 2. The van der Waals surface area contributed by atoms with E-state index in [0.717, 1.165) is 0 Å². The van der Waals surface area contributed by atoms with Crippen molar-refractivity contribution in [2.75, 3.05) is 0 Å². The van der Waals surface area contributed by atoms with E-state index < -0.39 is 4.92 Å². The molecule has 0 fully saturated rings. The number of halogens is 2. The third kappa shape index (κ3) is 6.64. The maximum Gasteiger partial charge on any atom is 0.270 e. The Morgan fingerprint density at radius 3 is 1.58 bits per heavy atom. The van der Waals surface area contributed by atoms with E-state index in [9.17, 15) is 20.3 Å². The number of nitrogens with zero attached hydrogens (tertiary/aromatic N) is 5. The van der Waals surface area contributed by atoms with Gasteiger partial charge in [-0.05, 0) is 62.2 Å². The van der Waals surface area contributed by atoms with Crippen molar-refractivity contribution in [2.24, 2.45) is 20.4 Å². The number of phenolic OH excluding ortho intramolecular Hbond substituents is 2. The van der Waals surface area contributed by atoms with Crippen molar-refractivity contribution in [3.8, 4) is 11.5 Å². The van der Waals surface area contributed by atoms with Crippen LogP contribution in [0.25, 0.3) is 0 Å². The van der Waals surface area contributed by atoms with E-state index in [0.29, 0.717) is 31.2 Å². The molecule has 3 rings (SSSR count). The SMILES string of the molecule is O=[N+]([O-])c1cc(/C=N/N=C/c2cccc(Br)c2O)cc(/C=N/N=C/c2cccc(Br)c2O)c1. The first kappa shape index (κ1) is 24.0. The number of benzene rings is 3. The molecule has 3 aromatic rings. The van der Waals surface area contributed by atoms with Gasteiger partial charge in [-0.3, -0.25) is 10.1 Å². The second-order valence-corrected chi connectivity index (χ2v) is 8.16. The molecule has 0 aliphatic rings. The van der Waals surface area contributed by atoms with Crippen molar-refractivity contribution in [1.82, 2.24) is 0 Å². The summed E-state index contributed by atoms with van der Waals surface area (Å²) in [6.45, 7) is 0. The van der Waals surface area contributed by atoms with E-state index in [1.807, 2.05) is 0 Å². The summed E-state index contributed by atoms with van der Waals surface area (Å²) in [6, 6.07) is 14.5. The quantitative estimate of drug-likeness (QED) is 0.221. The van der Waals surface area contributed by atoms with Gasteiger partial charge in [0.15, 0.2) is 0 Å². The Morgan fingerprint density at radius 2 is 1.15 bits per heavy atom. The number of para-hydroxylation sites is 2. The Kier molecular flexibility index (Phi) is 8.17. The minimum absolute atomic E-state index is 0.0297. The first-order valence-electron chi connectivity index (χ1n) is 9.22. The molecule has 11 heteroatoms. The minimum atomic E-state index is -0.527. The Bertz CT molecular complexity index is 1220. The number of phenols is 2. The standard InChI is InChI=1S/C22H15Br2N5O4/c23-19-5-1-3-16(21(19)30)12-27-25-10-14-7-15(9-18(8-14)29(32)33)11-26-28-13-17-4-2-6-20(24)22(17)31/h1-13,30-31H/b25-10+,26-11+,27-12+,28-13+. The number of nitro groups is 1. The van der Waals surface area contributed by atoms with Crippen LogP contribution < -0.4 is 0 Å². The highest BCUT2D eigenvalue weighted by Crippen LogP contribution is 2.27. The molecule has 0 heterocycles. The molecule has 0 atom stereocenters. The van der Waals surface area contributed by atoms with Crippen molar-refractivity contribution in [2.45, 2.75) is 0 Å². The number of hydrogen-bond donors (Lipinski definition) is 2. The zero-order valence-corrected chi connectivity index (χ0v) is 19.9. The van der Waals surface area contributed by atoms with Crippen molar-refractivity contribution in [3.63, 3.8) is 0 Å². The lowest BCUT2D eigenvalue weighted by Gasteiger charge is -1.99. The van der Waals surface area contributed by atoms with Gasteiger partial charge in [0, 0.05) is 34.4 Å². The molecule has 3 aromatic carbocycles. The molecule has 0 amide bonds. The normalized spacial score (nSPS) is 11.9. The van der Waals surface area contributed by atoms with E-state index in [1.165, 1.54) is 37.0 Å². The lowest BCUT2D eigenvalue weighted by molar-refractivity contribution is -0.384. The van der Waals surface area contributed by atoms with Crippen LogP contribution >= 0.6 is 31.9 Å². The van der Waals surface area contributed by atoms with Crippen molar-refractivity contribution in [3.05, 3.63) is 95.9 Å². The number of non-ortho nitro benzene ring substituents is 1. The van der Waals surface area contributed by atoms with E-state index in [4.69, 9.17) is 0 Å². The summed E-state index contributed by atoms with van der Waals surface area (Å²) in [5, 5.41) is 46.7. The predicted molar refractivity (Wildman–Crippen MR) is 135 cm³/mol. The monoisotopic (exact) mass is 571 g/mol. The predicted octanol–water partition coefficient (Wildman–Crippen LogP) is 5.44. The summed E-state index contributed by atoms with van der Waals surface area (Å²) in [6.07, 6.45) is 5.42. The molecule has 0 unspecified atom stereocenters. The van der Waals surface area contributed by atoms with Crippen LogP contribution in [0.4, 0.5) is 5.69 Å². The highest BCUT2D eigenvalue weighted by molar-refractivity contribution is 9.10. The van der Waals surface area contributed by atoms with Crippen LogP contribution in [0.2, 0.25) is 0 Å². The first-order chi connectivity index (χ1) is 15.8. The number of hydrogen-bond acceptors (Lipinski definition) is 8. The van der Waals surface area contributed by atoms with Gasteiger partial charge in [-0.2, -0.15) is 20.4 Å². The summed E-state index contributed by atoms with van der Waals surface area (Å²) < 4.78 is 1.05. The fourth-order valence-corrected chi connectivity index (χ4v) is 3.34. The van der Waals surface area contributed by atoms with E-state index in [1.54, 1.807) is 42.5 Å². The van der Waals surface area contributed by atoms with Crippen molar-refractivity contribution < 1.29 is 15.1 Å². The Hall–Kier alpha value is -3.70. The van der Waals surface area contributed by atoms with Crippen molar-refractivity contribution >= 4 is 62.4 Å². The molecule has 0 aliphatic carbocycles. The van der Waals surface area contributed by atoms with Crippen LogP contribution in [0, 0.1) is 10.1 Å². The maximum absolute atomic E-state index is 11.3. The molecule has 0 spiro atoms. The summed E-state index contributed by atoms with van der Waals surface area (Å²) in [7, 11) is 0. The van der Waals surface area contributed by atoms with Gasteiger partial charge in [0.05, 0.1) is 38.7 Å². The third-order valence-electron chi connectivity index (χ3n) is 4.15. The van der Waals surface area contributed by atoms with Gasteiger partial charge in [-0.1, -0.05) is 12.1 Å². The van der Waals surface area contributed by atoms with Gasteiger partial charge in [-0.25, -0.2) is 0 Å². The lowest BCUT2D eigenvalue weighted by Crippen LogP contribution is -1.94. The summed E-state index contributed by atoms with van der Waals surface area (Å²) >= 11 is 6.43. The van der Waals surface area contributed by atoms with Gasteiger partial charge in [0.25, 0.3) is 5.69 Å². The molecule has 0 bridgehead atoms.